The zero-order valence-electron chi connectivity index (χ0n) is 19.1. The number of nitrogens with zero attached hydrogens (tertiary/aromatic N) is 2. The first-order valence-corrected chi connectivity index (χ1v) is 11.0. The summed E-state index contributed by atoms with van der Waals surface area (Å²) in [5.41, 5.74) is 1.52. The van der Waals surface area contributed by atoms with Crippen molar-refractivity contribution in [2.24, 2.45) is 11.8 Å². The van der Waals surface area contributed by atoms with E-state index in [0.29, 0.717) is 5.56 Å². The van der Waals surface area contributed by atoms with Crippen LogP contribution in [-0.2, 0) is 35.1 Å². The molecule has 34 heavy (non-hydrogen) atoms. The number of fused-ring (bicyclic) bond motifs is 3. The summed E-state index contributed by atoms with van der Waals surface area (Å²) in [6.45, 7) is 1.49. The lowest BCUT2D eigenvalue weighted by molar-refractivity contribution is -0.384. The molecule has 2 aliphatic heterocycles. The first-order valence-electron chi connectivity index (χ1n) is 11.0. The number of β-lactam (4-membered cyclic amide) rings is 1. The molecule has 0 radical (unpaired) electrons. The smallest absolute Gasteiger partial charge is 0.464 e. The number of benzene rings is 1. The summed E-state index contributed by atoms with van der Waals surface area (Å²) in [4.78, 5) is 49.5. The van der Waals surface area contributed by atoms with Gasteiger partial charge in [-0.2, -0.15) is 0 Å². The largest absolute Gasteiger partial charge is 0.508 e. The van der Waals surface area contributed by atoms with Gasteiger partial charge in [0.2, 0.25) is 5.91 Å². The Labute approximate surface area is 195 Å². The van der Waals surface area contributed by atoms with E-state index in [4.69, 9.17) is 18.9 Å². The van der Waals surface area contributed by atoms with Gasteiger partial charge in [0.15, 0.2) is 0 Å². The minimum Gasteiger partial charge on any atom is -0.464 e. The van der Waals surface area contributed by atoms with Crippen LogP contribution < -0.4 is 0 Å². The fraction of sp³-hybridized carbons (Fsp3) is 0.522. The number of esters is 1. The maximum Gasteiger partial charge on any atom is 0.508 e. The summed E-state index contributed by atoms with van der Waals surface area (Å²) < 4.78 is 21.1. The molecule has 2 heterocycles. The SMILES string of the molecule is COC(=O)C1=C2[C@@H](OC)CCC[C@@H]2[C@@H]2[C@@H]([C@@H](C)OC(=O)OCc3ccc([N+](=O)[O-])cc3)C(=O)N12. The first-order chi connectivity index (χ1) is 16.3. The van der Waals surface area contributed by atoms with E-state index in [2.05, 4.69) is 0 Å². The average Bonchev–Trinajstić information content (AvgIpc) is 3.13. The molecule has 4 rings (SSSR count). The Morgan fingerprint density at radius 3 is 2.53 bits per heavy atom. The second-order valence-electron chi connectivity index (χ2n) is 8.57. The van der Waals surface area contributed by atoms with Gasteiger partial charge in [0.1, 0.15) is 18.4 Å². The average molecular weight is 474 g/mol. The van der Waals surface area contributed by atoms with Crippen molar-refractivity contribution in [3.8, 4) is 0 Å². The summed E-state index contributed by atoms with van der Waals surface area (Å²) >= 11 is 0. The van der Waals surface area contributed by atoms with Gasteiger partial charge in [-0.15, -0.1) is 0 Å². The van der Waals surface area contributed by atoms with Gasteiger partial charge in [0.25, 0.3) is 5.69 Å². The summed E-state index contributed by atoms with van der Waals surface area (Å²) in [5, 5.41) is 10.7. The number of methoxy groups -OCH3 is 2. The minimum atomic E-state index is -0.949. The van der Waals surface area contributed by atoms with Crippen molar-refractivity contribution in [2.45, 2.75) is 51.0 Å². The molecule has 0 N–H and O–H groups in total. The van der Waals surface area contributed by atoms with E-state index in [1.54, 1.807) is 14.0 Å². The molecule has 1 aromatic rings. The Morgan fingerprint density at radius 2 is 1.91 bits per heavy atom. The predicted molar refractivity (Wildman–Crippen MR) is 115 cm³/mol. The second kappa shape index (κ2) is 9.41. The van der Waals surface area contributed by atoms with E-state index in [-0.39, 0.29) is 42.0 Å². The van der Waals surface area contributed by atoms with E-state index in [9.17, 15) is 24.5 Å². The third-order valence-corrected chi connectivity index (χ3v) is 6.80. The van der Waals surface area contributed by atoms with Crippen LogP contribution >= 0.6 is 0 Å². The lowest BCUT2D eigenvalue weighted by Gasteiger charge is -2.48. The minimum absolute atomic E-state index is 0.0673. The molecule has 0 spiro atoms. The molecule has 1 amide bonds. The maximum absolute atomic E-state index is 13.1. The Bertz CT molecular complexity index is 1040. The number of hydrogen-bond acceptors (Lipinski definition) is 9. The molecule has 11 heteroatoms. The van der Waals surface area contributed by atoms with E-state index < -0.39 is 29.1 Å². The van der Waals surface area contributed by atoms with Gasteiger partial charge >= 0.3 is 12.1 Å². The second-order valence-corrected chi connectivity index (χ2v) is 8.57. The molecule has 0 bridgehead atoms. The molecule has 1 saturated heterocycles. The van der Waals surface area contributed by atoms with Gasteiger partial charge in [-0.05, 0) is 49.5 Å². The summed E-state index contributed by atoms with van der Waals surface area (Å²) in [7, 11) is 2.85. The monoisotopic (exact) mass is 474 g/mol. The normalized spacial score (nSPS) is 26.2. The highest BCUT2D eigenvalue weighted by atomic mass is 16.7. The van der Waals surface area contributed by atoms with Crippen molar-refractivity contribution in [3.05, 3.63) is 51.2 Å². The molecule has 0 unspecified atom stereocenters. The first kappa shape index (κ1) is 23.7. The van der Waals surface area contributed by atoms with Crippen LogP contribution in [0.25, 0.3) is 0 Å². The predicted octanol–water partition coefficient (Wildman–Crippen LogP) is 2.72. The van der Waals surface area contributed by atoms with Gasteiger partial charge < -0.3 is 23.8 Å². The molecule has 1 aromatic carbocycles. The zero-order chi connectivity index (χ0) is 24.6. The third kappa shape index (κ3) is 4.00. The van der Waals surface area contributed by atoms with Crippen LogP contribution in [0.5, 0.6) is 0 Å². The Kier molecular flexibility index (Phi) is 6.56. The fourth-order valence-corrected chi connectivity index (χ4v) is 5.27. The van der Waals surface area contributed by atoms with Gasteiger partial charge in [-0.25, -0.2) is 9.59 Å². The number of amides is 1. The quantitative estimate of drug-likeness (QED) is 0.253. The Hall–Kier alpha value is -3.47. The molecule has 182 valence electrons. The van der Waals surface area contributed by atoms with Crippen LogP contribution in [-0.4, -0.2) is 60.3 Å². The van der Waals surface area contributed by atoms with Crippen LogP contribution in [0.1, 0.15) is 31.7 Å². The van der Waals surface area contributed by atoms with Crippen molar-refractivity contribution < 1.29 is 38.3 Å². The molecule has 11 nitrogen and oxygen atoms in total. The maximum atomic E-state index is 13.1. The molecular formula is C23H26N2O9. The number of nitro benzene ring substituents is 1. The van der Waals surface area contributed by atoms with E-state index in [1.165, 1.54) is 36.3 Å². The van der Waals surface area contributed by atoms with Crippen LogP contribution in [0, 0.1) is 22.0 Å². The molecule has 1 saturated carbocycles. The highest BCUT2D eigenvalue weighted by Crippen LogP contribution is 2.53. The number of carbonyl (C=O) groups is 3. The topological polar surface area (TPSA) is 135 Å². The Balaban J connectivity index is 1.41. The Morgan fingerprint density at radius 1 is 1.21 bits per heavy atom. The molecular weight excluding hydrogens is 448 g/mol. The summed E-state index contributed by atoms with van der Waals surface area (Å²) in [6.07, 6.45) is 0.434. The van der Waals surface area contributed by atoms with Gasteiger partial charge in [-0.3, -0.25) is 14.9 Å². The van der Waals surface area contributed by atoms with Crippen LogP contribution in [0.3, 0.4) is 0 Å². The molecule has 0 aromatic heterocycles. The number of carbonyl (C=O) groups excluding carboxylic acids is 3. The lowest BCUT2D eigenvalue weighted by atomic mass is 9.71. The highest BCUT2D eigenvalue weighted by molar-refractivity contribution is 6.01. The number of ether oxygens (including phenoxy) is 4. The van der Waals surface area contributed by atoms with Crippen molar-refractivity contribution in [2.75, 3.05) is 14.2 Å². The standard InChI is InChI=1S/C23H26N2O9/c1-12(34-23(28)33-11-13-7-9-14(10-8-13)25(29)30)17-19-15-5-4-6-16(31-2)18(15)20(22(27)32-3)24(19)21(17)26/h7-10,12,15-17,19H,4-6,11H2,1-3H3/t12-,15+,16+,17-,19-/m1/s1. The molecule has 1 aliphatic carbocycles. The summed E-state index contributed by atoms with van der Waals surface area (Å²) in [5.74, 6) is -1.57. The number of rotatable bonds is 7. The van der Waals surface area contributed by atoms with Crippen LogP contribution in [0.4, 0.5) is 10.5 Å². The van der Waals surface area contributed by atoms with Crippen LogP contribution in [0.2, 0.25) is 0 Å². The van der Waals surface area contributed by atoms with Gasteiger partial charge in [-0.1, -0.05) is 0 Å². The number of non-ortho nitro benzene ring substituents is 1. The lowest BCUT2D eigenvalue weighted by Crippen LogP contribution is -2.64. The van der Waals surface area contributed by atoms with Crippen molar-refractivity contribution in [3.63, 3.8) is 0 Å². The van der Waals surface area contributed by atoms with E-state index >= 15 is 0 Å². The third-order valence-electron chi connectivity index (χ3n) is 6.80. The van der Waals surface area contributed by atoms with E-state index in [0.717, 1.165) is 24.8 Å². The van der Waals surface area contributed by atoms with Crippen molar-refractivity contribution >= 4 is 23.7 Å². The number of hydrogen-bond donors (Lipinski definition) is 0. The van der Waals surface area contributed by atoms with Crippen molar-refractivity contribution in [1.82, 2.24) is 4.90 Å². The molecule has 3 aliphatic rings. The van der Waals surface area contributed by atoms with Crippen LogP contribution in [0.15, 0.2) is 35.5 Å². The zero-order valence-corrected chi connectivity index (χ0v) is 19.1. The molecule has 5 atom stereocenters. The summed E-state index contributed by atoms with van der Waals surface area (Å²) in [6, 6.07) is 5.28. The fourth-order valence-electron chi connectivity index (χ4n) is 5.27. The molecule has 2 fully saturated rings. The van der Waals surface area contributed by atoms with E-state index in [1.807, 2.05) is 0 Å². The van der Waals surface area contributed by atoms with Gasteiger partial charge in [0.05, 0.1) is 30.1 Å². The van der Waals surface area contributed by atoms with Crippen molar-refractivity contribution in [1.29, 1.82) is 0 Å². The highest BCUT2D eigenvalue weighted by Gasteiger charge is 2.63. The van der Waals surface area contributed by atoms with Gasteiger partial charge in [0, 0.05) is 25.2 Å². The number of nitro groups is 1.